The normalized spacial score (nSPS) is 15.5. The highest BCUT2D eigenvalue weighted by Crippen LogP contribution is 2.31. The van der Waals surface area contributed by atoms with Gasteiger partial charge < -0.3 is 20.8 Å². The first-order valence-electron chi connectivity index (χ1n) is 10.8. The fourth-order valence-corrected chi connectivity index (χ4v) is 3.66. The van der Waals surface area contributed by atoms with Crippen molar-refractivity contribution in [2.24, 2.45) is 16.2 Å². The molecule has 0 spiro atoms. The third kappa shape index (κ3) is 6.07. The predicted octanol–water partition coefficient (Wildman–Crippen LogP) is 4.77. The van der Waals surface area contributed by atoms with Gasteiger partial charge in [-0.3, -0.25) is 4.79 Å². The fourth-order valence-electron chi connectivity index (χ4n) is 3.66. The molecular formula is C24H31N5O2. The second-order valence-corrected chi connectivity index (χ2v) is 7.58. The lowest BCUT2D eigenvalue weighted by atomic mass is 10.1. The molecule has 2 aromatic rings. The third-order valence-corrected chi connectivity index (χ3v) is 5.09. The van der Waals surface area contributed by atoms with Gasteiger partial charge in [0.05, 0.1) is 0 Å². The lowest BCUT2D eigenvalue weighted by molar-refractivity contribution is -0.127. The van der Waals surface area contributed by atoms with Crippen molar-refractivity contribution < 1.29 is 9.53 Å². The summed E-state index contributed by atoms with van der Waals surface area (Å²) in [4.78, 5) is 15.1. The molecule has 3 rings (SSSR count). The molecule has 7 heteroatoms. The molecule has 7 nitrogen and oxygen atoms in total. The molecule has 31 heavy (non-hydrogen) atoms. The molecular weight excluding hydrogens is 390 g/mol. The molecule has 1 unspecified atom stereocenters. The minimum Gasteiger partial charge on any atom is -0.489 e. The van der Waals surface area contributed by atoms with Crippen LogP contribution in [0.3, 0.4) is 0 Å². The molecule has 1 aliphatic rings. The van der Waals surface area contributed by atoms with Crippen LogP contribution in [-0.2, 0) is 11.4 Å². The third-order valence-electron chi connectivity index (χ3n) is 5.09. The van der Waals surface area contributed by atoms with E-state index in [-0.39, 0.29) is 5.91 Å². The van der Waals surface area contributed by atoms with E-state index in [9.17, 15) is 4.79 Å². The molecule has 0 saturated heterocycles. The van der Waals surface area contributed by atoms with Crippen LogP contribution in [0.4, 0.5) is 5.69 Å². The fraction of sp³-hybridized carbons (Fsp3) is 0.375. The molecule has 0 radical (unpaired) electrons. The van der Waals surface area contributed by atoms with Gasteiger partial charge in [-0.15, -0.1) is 5.11 Å². The Morgan fingerprint density at radius 2 is 1.90 bits per heavy atom. The Kier molecular flexibility index (Phi) is 8.04. The number of fused-ring (bicyclic) bond motifs is 1. The van der Waals surface area contributed by atoms with E-state index in [0.29, 0.717) is 18.6 Å². The van der Waals surface area contributed by atoms with Gasteiger partial charge in [0.15, 0.2) is 0 Å². The van der Waals surface area contributed by atoms with Crippen molar-refractivity contribution in [3.05, 3.63) is 65.2 Å². The molecule has 1 amide bonds. The van der Waals surface area contributed by atoms with Gasteiger partial charge in [-0.05, 0) is 42.2 Å². The SMILES string of the molecule is CCCN(CCC)C(=O)C1=Cc2ccc(OCc3ccccc3)cc2NC(N=NN)C1. The molecule has 1 atom stereocenters. The number of rotatable bonds is 9. The first-order valence-corrected chi connectivity index (χ1v) is 10.8. The van der Waals surface area contributed by atoms with Gasteiger partial charge in [0.25, 0.3) is 0 Å². The Morgan fingerprint density at radius 3 is 2.58 bits per heavy atom. The van der Waals surface area contributed by atoms with Crippen LogP contribution in [0.2, 0.25) is 0 Å². The number of carbonyl (C=O) groups is 1. The van der Waals surface area contributed by atoms with Crippen LogP contribution in [0.15, 0.2) is 64.4 Å². The summed E-state index contributed by atoms with van der Waals surface area (Å²) in [5.41, 5.74) is 3.55. The average Bonchev–Trinajstić information content (AvgIpc) is 2.96. The number of hydrogen-bond acceptors (Lipinski definition) is 5. The summed E-state index contributed by atoms with van der Waals surface area (Å²) >= 11 is 0. The maximum Gasteiger partial charge on any atom is 0.249 e. The van der Waals surface area contributed by atoms with Gasteiger partial charge in [0.1, 0.15) is 18.5 Å². The van der Waals surface area contributed by atoms with Crippen LogP contribution in [0, 0.1) is 0 Å². The lowest BCUT2D eigenvalue weighted by Crippen LogP contribution is -2.34. The van der Waals surface area contributed by atoms with Crippen molar-refractivity contribution >= 4 is 17.7 Å². The van der Waals surface area contributed by atoms with Crippen LogP contribution in [0.1, 0.15) is 44.2 Å². The van der Waals surface area contributed by atoms with E-state index in [1.807, 2.05) is 59.5 Å². The van der Waals surface area contributed by atoms with Crippen molar-refractivity contribution in [3.8, 4) is 5.75 Å². The number of nitrogens with one attached hydrogen (secondary N) is 1. The van der Waals surface area contributed by atoms with Gasteiger partial charge in [0.2, 0.25) is 5.91 Å². The molecule has 2 aromatic carbocycles. The monoisotopic (exact) mass is 421 g/mol. The summed E-state index contributed by atoms with van der Waals surface area (Å²) in [7, 11) is 0. The number of benzene rings is 2. The van der Waals surface area contributed by atoms with Crippen molar-refractivity contribution in [1.82, 2.24) is 4.90 Å². The molecule has 0 bridgehead atoms. The summed E-state index contributed by atoms with van der Waals surface area (Å²) in [6, 6.07) is 15.8. The topological polar surface area (TPSA) is 92.3 Å². The van der Waals surface area contributed by atoms with Gasteiger partial charge in [-0.25, -0.2) is 0 Å². The zero-order chi connectivity index (χ0) is 22.1. The Morgan fingerprint density at radius 1 is 1.16 bits per heavy atom. The Hall–Kier alpha value is -3.35. The summed E-state index contributed by atoms with van der Waals surface area (Å²) in [5.74, 6) is 6.11. The maximum absolute atomic E-state index is 13.2. The maximum atomic E-state index is 13.2. The number of anilines is 1. The molecule has 3 N–H and O–H groups in total. The van der Waals surface area contributed by atoms with Crippen LogP contribution >= 0.6 is 0 Å². The van der Waals surface area contributed by atoms with Crippen molar-refractivity contribution in [1.29, 1.82) is 0 Å². The molecule has 1 heterocycles. The van der Waals surface area contributed by atoms with E-state index in [1.54, 1.807) is 0 Å². The van der Waals surface area contributed by atoms with Crippen LogP contribution < -0.4 is 15.9 Å². The summed E-state index contributed by atoms with van der Waals surface area (Å²) < 4.78 is 5.96. The van der Waals surface area contributed by atoms with E-state index >= 15 is 0 Å². The number of amides is 1. The van der Waals surface area contributed by atoms with Crippen molar-refractivity contribution in [2.45, 2.75) is 45.9 Å². The second-order valence-electron chi connectivity index (χ2n) is 7.58. The van der Waals surface area contributed by atoms with Gasteiger partial charge in [-0.1, -0.05) is 49.4 Å². The molecule has 0 aliphatic carbocycles. The largest absolute Gasteiger partial charge is 0.489 e. The van der Waals surface area contributed by atoms with Crippen molar-refractivity contribution in [2.75, 3.05) is 18.4 Å². The standard InChI is InChI=1S/C24H31N5O2/c1-3-12-29(13-4-2)24(30)20-14-19-10-11-21(31-17-18-8-6-5-7-9-18)16-22(19)26-23(15-20)27-28-25/h5-11,14,16,23,26H,3-4,12-13,15,17H2,1-2H3,(H2,25,27). The lowest BCUT2D eigenvalue weighted by Gasteiger charge is -2.23. The minimum absolute atomic E-state index is 0.0416. The van der Waals surface area contributed by atoms with E-state index in [1.165, 1.54) is 0 Å². The van der Waals surface area contributed by atoms with E-state index in [0.717, 1.165) is 48.5 Å². The zero-order valence-corrected chi connectivity index (χ0v) is 18.3. The van der Waals surface area contributed by atoms with Crippen LogP contribution in [0.25, 0.3) is 6.08 Å². The first kappa shape index (κ1) is 22.3. The number of nitrogens with zero attached hydrogens (tertiary/aromatic N) is 3. The molecule has 0 saturated carbocycles. The highest BCUT2D eigenvalue weighted by atomic mass is 16.5. The Bertz CT molecular complexity index is 921. The summed E-state index contributed by atoms with van der Waals surface area (Å²) in [6.07, 6.45) is 3.77. The Balaban J connectivity index is 1.85. The quantitative estimate of drug-likeness (QED) is 0.347. The van der Waals surface area contributed by atoms with Crippen LogP contribution in [0.5, 0.6) is 5.75 Å². The van der Waals surface area contributed by atoms with E-state index in [4.69, 9.17) is 10.6 Å². The number of hydrogen-bond donors (Lipinski definition) is 2. The molecule has 0 fully saturated rings. The molecule has 1 aliphatic heterocycles. The van der Waals surface area contributed by atoms with Gasteiger partial charge in [0, 0.05) is 36.8 Å². The second kappa shape index (κ2) is 11.2. The number of ether oxygens (including phenoxy) is 1. The zero-order valence-electron chi connectivity index (χ0n) is 18.3. The summed E-state index contributed by atoms with van der Waals surface area (Å²) in [5, 5.41) is 10.9. The van der Waals surface area contributed by atoms with E-state index < -0.39 is 6.17 Å². The average molecular weight is 422 g/mol. The number of carbonyl (C=O) groups excluding carboxylic acids is 1. The summed E-state index contributed by atoms with van der Waals surface area (Å²) in [6.45, 7) is 6.11. The van der Waals surface area contributed by atoms with Gasteiger partial charge >= 0.3 is 0 Å². The van der Waals surface area contributed by atoms with Crippen molar-refractivity contribution in [3.63, 3.8) is 0 Å². The smallest absolute Gasteiger partial charge is 0.249 e. The van der Waals surface area contributed by atoms with E-state index in [2.05, 4.69) is 29.5 Å². The number of nitrogens with two attached hydrogens (primary N) is 1. The highest BCUT2D eigenvalue weighted by Gasteiger charge is 2.24. The Labute approximate surface area is 184 Å². The van der Waals surface area contributed by atoms with Gasteiger partial charge in [-0.2, -0.15) is 0 Å². The first-order chi connectivity index (χ1) is 15.1. The predicted molar refractivity (Wildman–Crippen MR) is 123 cm³/mol. The minimum atomic E-state index is -0.420. The molecule has 164 valence electrons. The highest BCUT2D eigenvalue weighted by molar-refractivity contribution is 5.99. The van der Waals surface area contributed by atoms with Crippen LogP contribution in [-0.4, -0.2) is 30.1 Å². The molecule has 0 aromatic heterocycles.